The average molecular weight is 537 g/mol. The number of thiazole rings is 1. The molecule has 0 fully saturated rings. The van der Waals surface area contributed by atoms with Gasteiger partial charge in [-0.3, -0.25) is 9.36 Å². The van der Waals surface area contributed by atoms with Gasteiger partial charge >= 0.3 is 5.97 Å². The zero-order valence-corrected chi connectivity index (χ0v) is 23.1. The second-order valence-corrected chi connectivity index (χ2v) is 9.54. The van der Waals surface area contributed by atoms with Gasteiger partial charge in [0.25, 0.3) is 5.56 Å². The van der Waals surface area contributed by atoms with Crippen LogP contribution in [0.15, 0.2) is 63.5 Å². The summed E-state index contributed by atoms with van der Waals surface area (Å²) < 4.78 is 24.6. The molecule has 3 aromatic rings. The Balaban J connectivity index is 1.91. The third kappa shape index (κ3) is 5.38. The van der Waals surface area contributed by atoms with Crippen LogP contribution < -0.4 is 29.1 Å². The molecule has 1 atom stereocenters. The Kier molecular flexibility index (Phi) is 8.68. The topological polar surface area (TPSA) is 88.3 Å². The van der Waals surface area contributed by atoms with E-state index in [0.717, 1.165) is 17.7 Å². The standard InChI is InChI=1S/C29H32N2O6S/c1-6-16-37-20-14-12-19(13-15-20)17-23-27(32)31-25(21-10-9-11-22(34-5)26(21)35-7-2)24(28(33)36-8-3)18(4)30-29(31)38-23/h9-15,17,25H,6-8,16H2,1-5H3/b23-17-. The Labute approximate surface area is 225 Å². The van der Waals surface area contributed by atoms with Crippen LogP contribution in [0.4, 0.5) is 0 Å². The number of esters is 1. The van der Waals surface area contributed by atoms with E-state index in [9.17, 15) is 9.59 Å². The van der Waals surface area contributed by atoms with Crippen molar-refractivity contribution in [2.45, 2.75) is 40.2 Å². The number of carbonyl (C=O) groups excluding carboxylic acids is 1. The zero-order valence-electron chi connectivity index (χ0n) is 22.3. The van der Waals surface area contributed by atoms with E-state index in [0.29, 0.717) is 45.3 Å². The van der Waals surface area contributed by atoms with Crippen LogP contribution in [0.5, 0.6) is 17.2 Å². The molecule has 0 amide bonds. The minimum atomic E-state index is -0.797. The van der Waals surface area contributed by atoms with Crippen LogP contribution in [0.3, 0.4) is 0 Å². The Bertz CT molecular complexity index is 1520. The lowest BCUT2D eigenvalue weighted by Crippen LogP contribution is -2.40. The molecule has 0 N–H and O–H groups in total. The minimum Gasteiger partial charge on any atom is -0.494 e. The minimum absolute atomic E-state index is 0.196. The maximum Gasteiger partial charge on any atom is 0.338 e. The molecule has 0 saturated carbocycles. The molecular formula is C29H32N2O6S. The van der Waals surface area contributed by atoms with E-state index in [-0.39, 0.29) is 17.7 Å². The first-order valence-electron chi connectivity index (χ1n) is 12.7. The summed E-state index contributed by atoms with van der Waals surface area (Å²) in [5.41, 5.74) is 1.99. The first kappa shape index (κ1) is 27.2. The Morgan fingerprint density at radius 3 is 2.50 bits per heavy atom. The largest absolute Gasteiger partial charge is 0.494 e. The molecule has 38 heavy (non-hydrogen) atoms. The monoisotopic (exact) mass is 536 g/mol. The van der Waals surface area contributed by atoms with Crippen molar-refractivity contribution in [1.82, 2.24) is 4.57 Å². The molecule has 9 heteroatoms. The molecule has 0 aliphatic carbocycles. The smallest absolute Gasteiger partial charge is 0.338 e. The van der Waals surface area contributed by atoms with E-state index in [2.05, 4.69) is 11.9 Å². The predicted octanol–water partition coefficient (Wildman–Crippen LogP) is 3.99. The Morgan fingerprint density at radius 2 is 1.84 bits per heavy atom. The van der Waals surface area contributed by atoms with Gasteiger partial charge in [0.15, 0.2) is 16.3 Å². The molecule has 0 spiro atoms. The van der Waals surface area contributed by atoms with Gasteiger partial charge in [-0.2, -0.15) is 0 Å². The molecule has 2 aromatic carbocycles. The normalized spacial score (nSPS) is 15.1. The number of ether oxygens (including phenoxy) is 4. The third-order valence-corrected chi connectivity index (χ3v) is 6.96. The van der Waals surface area contributed by atoms with Crippen molar-refractivity contribution in [1.29, 1.82) is 0 Å². The van der Waals surface area contributed by atoms with E-state index in [1.54, 1.807) is 31.6 Å². The number of para-hydroxylation sites is 1. The van der Waals surface area contributed by atoms with Crippen molar-refractivity contribution in [3.05, 3.63) is 84.5 Å². The molecule has 2 heterocycles. The summed E-state index contributed by atoms with van der Waals surface area (Å²) in [6.07, 6.45) is 2.75. The maximum atomic E-state index is 13.9. The number of rotatable bonds is 10. The number of allylic oxidation sites excluding steroid dienone is 1. The summed E-state index contributed by atoms with van der Waals surface area (Å²) in [7, 11) is 1.55. The number of aromatic nitrogens is 1. The van der Waals surface area contributed by atoms with Crippen LogP contribution in [0.2, 0.25) is 0 Å². The third-order valence-electron chi connectivity index (χ3n) is 5.98. The van der Waals surface area contributed by atoms with Crippen LogP contribution in [-0.4, -0.2) is 37.5 Å². The van der Waals surface area contributed by atoms with E-state index in [4.69, 9.17) is 18.9 Å². The van der Waals surface area contributed by atoms with E-state index in [1.165, 1.54) is 11.3 Å². The van der Waals surface area contributed by atoms with Gasteiger partial charge in [0.2, 0.25) is 0 Å². The first-order chi connectivity index (χ1) is 18.4. The highest BCUT2D eigenvalue weighted by molar-refractivity contribution is 7.07. The molecule has 1 aliphatic heterocycles. The molecule has 0 saturated heterocycles. The number of nitrogens with zero attached hydrogens (tertiary/aromatic N) is 2. The molecule has 1 aliphatic rings. The van der Waals surface area contributed by atoms with Crippen LogP contribution >= 0.6 is 11.3 Å². The molecule has 0 bridgehead atoms. The van der Waals surface area contributed by atoms with Crippen molar-refractivity contribution in [2.75, 3.05) is 26.9 Å². The molecule has 200 valence electrons. The van der Waals surface area contributed by atoms with Crippen LogP contribution in [0, 0.1) is 0 Å². The summed E-state index contributed by atoms with van der Waals surface area (Å²) >= 11 is 1.27. The number of benzene rings is 2. The van der Waals surface area contributed by atoms with Gasteiger partial charge in [0.05, 0.1) is 42.7 Å². The summed E-state index contributed by atoms with van der Waals surface area (Å²) in [6.45, 7) is 8.64. The van der Waals surface area contributed by atoms with E-state index < -0.39 is 12.0 Å². The van der Waals surface area contributed by atoms with Crippen LogP contribution in [0.1, 0.15) is 51.3 Å². The van der Waals surface area contributed by atoms with Crippen LogP contribution in [0.25, 0.3) is 6.08 Å². The summed E-state index contributed by atoms with van der Waals surface area (Å²) in [5.74, 6) is 1.23. The number of fused-ring (bicyclic) bond motifs is 1. The lowest BCUT2D eigenvalue weighted by molar-refractivity contribution is -0.139. The fourth-order valence-electron chi connectivity index (χ4n) is 4.33. The maximum absolute atomic E-state index is 13.9. The quantitative estimate of drug-likeness (QED) is 0.364. The molecule has 1 aromatic heterocycles. The van der Waals surface area contributed by atoms with Crippen molar-refractivity contribution >= 4 is 23.4 Å². The molecule has 4 rings (SSSR count). The lowest BCUT2D eigenvalue weighted by Gasteiger charge is -2.26. The second-order valence-electron chi connectivity index (χ2n) is 8.53. The number of methoxy groups -OCH3 is 1. The first-order valence-corrected chi connectivity index (χ1v) is 13.5. The molecular weight excluding hydrogens is 504 g/mol. The average Bonchev–Trinajstić information content (AvgIpc) is 3.22. The van der Waals surface area contributed by atoms with Gasteiger partial charge in [-0.25, -0.2) is 9.79 Å². The highest BCUT2D eigenvalue weighted by atomic mass is 32.1. The highest BCUT2D eigenvalue weighted by Crippen LogP contribution is 2.40. The SMILES string of the molecule is CCCOc1ccc(/C=c2\sc3n(c2=O)C(c2cccc(OC)c2OCC)C(C(=O)OCC)=C(C)N=3)cc1. The molecule has 8 nitrogen and oxygen atoms in total. The Hall–Kier alpha value is -3.85. The van der Waals surface area contributed by atoms with Crippen molar-refractivity contribution in [3.63, 3.8) is 0 Å². The van der Waals surface area contributed by atoms with Gasteiger partial charge in [0.1, 0.15) is 11.8 Å². The summed E-state index contributed by atoms with van der Waals surface area (Å²) in [4.78, 5) is 32.2. The molecule has 1 unspecified atom stereocenters. The van der Waals surface area contributed by atoms with Crippen molar-refractivity contribution in [3.8, 4) is 17.2 Å². The van der Waals surface area contributed by atoms with Crippen LogP contribution in [-0.2, 0) is 9.53 Å². The van der Waals surface area contributed by atoms with Gasteiger partial charge in [0, 0.05) is 5.56 Å². The fraction of sp³-hybridized carbons (Fsp3) is 0.345. The second kappa shape index (κ2) is 12.1. The van der Waals surface area contributed by atoms with E-state index >= 15 is 0 Å². The van der Waals surface area contributed by atoms with Crippen molar-refractivity contribution in [2.24, 2.45) is 4.99 Å². The Morgan fingerprint density at radius 1 is 1.08 bits per heavy atom. The predicted molar refractivity (Wildman–Crippen MR) is 147 cm³/mol. The van der Waals surface area contributed by atoms with Crippen molar-refractivity contribution < 1.29 is 23.7 Å². The number of hydrogen-bond acceptors (Lipinski definition) is 8. The number of carbonyl (C=O) groups is 1. The summed E-state index contributed by atoms with van der Waals surface area (Å²) in [6, 6.07) is 12.2. The number of hydrogen-bond donors (Lipinski definition) is 0. The van der Waals surface area contributed by atoms with Gasteiger partial charge < -0.3 is 18.9 Å². The van der Waals surface area contributed by atoms with Gasteiger partial charge in [-0.15, -0.1) is 0 Å². The fourth-order valence-corrected chi connectivity index (χ4v) is 5.37. The van der Waals surface area contributed by atoms with E-state index in [1.807, 2.05) is 49.4 Å². The molecule has 0 radical (unpaired) electrons. The zero-order chi connectivity index (χ0) is 27.2. The van der Waals surface area contributed by atoms with Gasteiger partial charge in [-0.1, -0.05) is 42.5 Å². The highest BCUT2D eigenvalue weighted by Gasteiger charge is 2.35. The van der Waals surface area contributed by atoms with Gasteiger partial charge in [-0.05, 0) is 57.0 Å². The summed E-state index contributed by atoms with van der Waals surface area (Å²) in [5, 5.41) is 0. The lowest BCUT2D eigenvalue weighted by atomic mass is 9.94.